The van der Waals surface area contributed by atoms with Gasteiger partial charge in [-0.25, -0.2) is 12.2 Å². The molecule has 0 aliphatic heterocycles. The fraction of sp³-hybridized carbons (Fsp3) is 0.227. The summed E-state index contributed by atoms with van der Waals surface area (Å²) in [6, 6.07) is 15.9. The topological polar surface area (TPSA) is 9.23 Å². The van der Waals surface area contributed by atoms with Crippen molar-refractivity contribution in [2.45, 2.75) is 26.7 Å². The Bertz CT molecular complexity index is 752. The molecule has 0 bridgehead atoms. The van der Waals surface area contributed by atoms with Gasteiger partial charge in [0.25, 0.3) is 0 Å². The molecule has 0 N–H and O–H groups in total. The van der Waals surface area contributed by atoms with Crippen LogP contribution in [0.5, 0.6) is 5.75 Å². The molecule has 2 aliphatic carbocycles. The largest absolute Gasteiger partial charge is 1.00 e. The number of methoxy groups -OCH3 is 1. The maximum atomic E-state index is 5.18. The number of fused-ring (bicyclic) bond motifs is 3. The number of hydrogen-bond acceptors (Lipinski definition) is 1. The van der Waals surface area contributed by atoms with Crippen molar-refractivity contribution >= 4 is 3.21 Å². The van der Waals surface area contributed by atoms with Crippen LogP contribution in [-0.2, 0) is 30.7 Å². The van der Waals surface area contributed by atoms with Crippen molar-refractivity contribution in [3.8, 4) is 16.9 Å². The predicted octanol–water partition coefficient (Wildman–Crippen LogP) is -0.874. The summed E-state index contributed by atoms with van der Waals surface area (Å²) in [5.41, 5.74) is 5.27. The minimum absolute atomic E-state index is 0. The average molecular weight is 465 g/mol. The van der Waals surface area contributed by atoms with Crippen molar-refractivity contribution in [2.75, 3.05) is 7.11 Å². The number of hydrogen-bond donors (Lipinski definition) is 0. The van der Waals surface area contributed by atoms with Gasteiger partial charge in [-0.1, -0.05) is 35.4 Å². The van der Waals surface area contributed by atoms with Crippen LogP contribution >= 0.6 is 0 Å². The molecule has 2 aromatic carbocycles. The van der Waals surface area contributed by atoms with Crippen LogP contribution in [0, 0.1) is 12.1 Å². The molecule has 0 saturated carbocycles. The molecule has 0 unspecified atom stereocenters. The van der Waals surface area contributed by atoms with E-state index in [1.807, 2.05) is 18.2 Å². The Labute approximate surface area is 184 Å². The SMILES string of the molecule is COc1[c-]c2c(cc1)-c1ccccc1C2.C[C](C)=[Zr+2].[C-]1=CC=CC1.[Cl-].[Cl-]. The van der Waals surface area contributed by atoms with Gasteiger partial charge in [-0.15, -0.1) is 29.7 Å². The van der Waals surface area contributed by atoms with E-state index in [1.54, 1.807) is 31.3 Å². The minimum atomic E-state index is 0. The summed E-state index contributed by atoms with van der Waals surface area (Å²) >= 11 is 1.55. The zero-order valence-electron chi connectivity index (χ0n) is 15.3. The van der Waals surface area contributed by atoms with E-state index in [-0.39, 0.29) is 24.8 Å². The standard InChI is InChI=1S/C14H11O.C5H5.C3H6.2ClH.Zr/c1-15-12-6-7-14-11(9-12)8-10-4-2-3-5-13(10)14;1-2-4-5-3-1;1-3-2;;;/h2-7H,8H2,1H3;1-3H,4H2;1-2H3;2*1H;/q2*-1;;;;+2/p-2. The second-order valence-corrected chi connectivity index (χ2v) is 8.21. The van der Waals surface area contributed by atoms with E-state index in [0.29, 0.717) is 0 Å². The third kappa shape index (κ3) is 7.74. The Morgan fingerprint density at radius 2 is 1.73 bits per heavy atom. The van der Waals surface area contributed by atoms with Crippen molar-refractivity contribution < 1.29 is 53.8 Å². The van der Waals surface area contributed by atoms with Gasteiger partial charge in [0.15, 0.2) is 0 Å². The normalized spacial score (nSPS) is 11.4. The second-order valence-electron chi connectivity index (χ2n) is 5.76. The molecule has 0 spiro atoms. The Kier molecular flexibility index (Phi) is 12.8. The number of ether oxygens (including phenoxy) is 1. The first-order chi connectivity index (χ1) is 11.6. The first kappa shape index (κ1) is 25.1. The third-order valence-electron chi connectivity index (χ3n) is 3.48. The van der Waals surface area contributed by atoms with Crippen molar-refractivity contribution in [1.29, 1.82) is 0 Å². The summed E-state index contributed by atoms with van der Waals surface area (Å²) in [5, 5.41) is 0. The summed E-state index contributed by atoms with van der Waals surface area (Å²) in [5.74, 6) is 0.821. The molecular weight excluding hydrogens is 442 g/mol. The molecule has 0 aromatic heterocycles. The van der Waals surface area contributed by atoms with Crippen molar-refractivity contribution in [3.05, 3.63) is 77.9 Å². The van der Waals surface area contributed by atoms with E-state index in [2.05, 4.69) is 62.4 Å². The van der Waals surface area contributed by atoms with Gasteiger partial charge < -0.3 is 29.6 Å². The van der Waals surface area contributed by atoms with Gasteiger partial charge in [0.1, 0.15) is 0 Å². The molecule has 0 atom stereocenters. The van der Waals surface area contributed by atoms with E-state index in [1.165, 1.54) is 25.5 Å². The van der Waals surface area contributed by atoms with Crippen LogP contribution in [0.2, 0.25) is 0 Å². The zero-order chi connectivity index (χ0) is 17.4. The van der Waals surface area contributed by atoms with Gasteiger partial charge in [-0.2, -0.15) is 12.1 Å². The molecule has 0 heterocycles. The third-order valence-corrected chi connectivity index (χ3v) is 3.48. The molecule has 0 saturated heterocycles. The van der Waals surface area contributed by atoms with E-state index in [4.69, 9.17) is 4.74 Å². The molecule has 0 amide bonds. The minimum Gasteiger partial charge on any atom is -1.00 e. The molecule has 1 nitrogen and oxygen atoms in total. The molecule has 26 heavy (non-hydrogen) atoms. The van der Waals surface area contributed by atoms with Crippen LogP contribution in [0.3, 0.4) is 0 Å². The quantitative estimate of drug-likeness (QED) is 0.426. The Morgan fingerprint density at radius 3 is 2.27 bits per heavy atom. The summed E-state index contributed by atoms with van der Waals surface area (Å²) in [4.78, 5) is 0. The average Bonchev–Trinajstić information content (AvgIpc) is 3.24. The number of benzene rings is 2. The maximum Gasteiger partial charge on any atom is -0.109 e. The monoisotopic (exact) mass is 462 g/mol. The smallest absolute Gasteiger partial charge is 0.109 e. The van der Waals surface area contributed by atoms with Crippen LogP contribution in [0.25, 0.3) is 11.1 Å². The van der Waals surface area contributed by atoms with Crippen molar-refractivity contribution in [2.24, 2.45) is 0 Å². The first-order valence-electron chi connectivity index (χ1n) is 8.02. The van der Waals surface area contributed by atoms with Crippen LogP contribution in [-0.4, -0.2) is 10.3 Å². The van der Waals surface area contributed by atoms with E-state index in [0.717, 1.165) is 18.6 Å². The van der Waals surface area contributed by atoms with E-state index < -0.39 is 0 Å². The second kappa shape index (κ2) is 13.3. The Balaban J connectivity index is 0.000000480. The number of rotatable bonds is 1. The molecule has 0 fully saturated rings. The summed E-state index contributed by atoms with van der Waals surface area (Å²) < 4.78 is 6.69. The van der Waals surface area contributed by atoms with E-state index in [9.17, 15) is 0 Å². The van der Waals surface area contributed by atoms with E-state index >= 15 is 0 Å². The molecule has 2 aromatic rings. The van der Waals surface area contributed by atoms with Gasteiger partial charge in [0, 0.05) is 5.75 Å². The summed E-state index contributed by atoms with van der Waals surface area (Å²) in [7, 11) is 1.68. The van der Waals surface area contributed by atoms with Gasteiger partial charge in [0.05, 0.1) is 7.11 Å². The molecule has 2 aliphatic rings. The van der Waals surface area contributed by atoms with Gasteiger partial charge in [-0.3, -0.25) is 6.08 Å². The fourth-order valence-corrected chi connectivity index (χ4v) is 2.50. The Morgan fingerprint density at radius 1 is 1.04 bits per heavy atom. The zero-order valence-corrected chi connectivity index (χ0v) is 19.2. The molecule has 136 valence electrons. The molecular formula is C22H22Cl2OZr-2. The van der Waals surface area contributed by atoms with Crippen molar-refractivity contribution in [1.82, 2.24) is 0 Å². The first-order valence-corrected chi connectivity index (χ1v) is 9.25. The van der Waals surface area contributed by atoms with Crippen LogP contribution in [0.1, 0.15) is 31.4 Å². The van der Waals surface area contributed by atoms with Gasteiger partial charge in [0.2, 0.25) is 0 Å². The van der Waals surface area contributed by atoms with Crippen LogP contribution < -0.4 is 29.6 Å². The fourth-order valence-electron chi connectivity index (χ4n) is 2.50. The van der Waals surface area contributed by atoms with Gasteiger partial charge >= 0.3 is 41.3 Å². The number of halogens is 2. The predicted molar refractivity (Wildman–Crippen MR) is 98.0 cm³/mol. The molecule has 4 heteroatoms. The van der Waals surface area contributed by atoms with Gasteiger partial charge in [-0.05, 0) is 6.42 Å². The van der Waals surface area contributed by atoms with Crippen LogP contribution in [0.4, 0.5) is 0 Å². The summed E-state index contributed by atoms with van der Waals surface area (Å²) in [6.07, 6.45) is 11.0. The number of allylic oxidation sites excluding steroid dienone is 4. The molecule has 0 radical (unpaired) electrons. The Hall–Kier alpha value is -0.947. The van der Waals surface area contributed by atoms with Crippen molar-refractivity contribution in [3.63, 3.8) is 0 Å². The summed E-state index contributed by atoms with van der Waals surface area (Å²) in [6.45, 7) is 4.25. The molecule has 4 rings (SSSR count). The van der Waals surface area contributed by atoms with Crippen LogP contribution in [0.15, 0.2) is 54.6 Å². The maximum absolute atomic E-state index is 5.18.